The van der Waals surface area contributed by atoms with Gasteiger partial charge in [-0.05, 0) is 6.42 Å². The van der Waals surface area contributed by atoms with E-state index >= 15 is 0 Å². The van der Waals surface area contributed by atoms with Crippen LogP contribution in [-0.2, 0) is 13.9 Å². The summed E-state index contributed by atoms with van der Waals surface area (Å²) >= 11 is 0. The lowest BCUT2D eigenvalue weighted by molar-refractivity contribution is -0.135. The summed E-state index contributed by atoms with van der Waals surface area (Å²) in [7, 11) is -4.66. The van der Waals surface area contributed by atoms with Crippen molar-refractivity contribution in [2.45, 2.75) is 110 Å². The lowest BCUT2D eigenvalue weighted by Gasteiger charge is -2.05. The molecule has 0 saturated carbocycles. The van der Waals surface area contributed by atoms with Crippen LogP contribution in [0.1, 0.15) is 110 Å². The second-order valence-electron chi connectivity index (χ2n) is 6.65. The van der Waals surface area contributed by atoms with E-state index in [0.29, 0.717) is 6.42 Å². The summed E-state index contributed by atoms with van der Waals surface area (Å²) in [6, 6.07) is 0. The predicted octanol–water partition coefficient (Wildman–Crippen LogP) is 4.70. The summed E-state index contributed by atoms with van der Waals surface area (Å²) in [5.74, 6) is -0.807. The normalized spacial score (nSPS) is 11.2. The van der Waals surface area contributed by atoms with Crippen LogP contribution in [0.15, 0.2) is 0 Å². The van der Waals surface area contributed by atoms with E-state index in [-0.39, 0.29) is 23.8 Å². The van der Waals surface area contributed by atoms with Crippen LogP contribution in [0, 0.1) is 0 Å². The van der Waals surface area contributed by atoms with Crippen LogP contribution in [-0.4, -0.2) is 33.1 Å². The molecule has 0 aromatic heterocycles. The minimum atomic E-state index is -4.66. The molecule has 0 aliphatic heterocycles. The highest BCUT2D eigenvalue weighted by Crippen LogP contribution is 2.36. The molecule has 0 aromatic rings. The topological polar surface area (TPSA) is 83.8 Å². The van der Waals surface area contributed by atoms with Crippen LogP contribution in [0.2, 0.25) is 0 Å². The molecule has 0 radical (unpaired) electrons. The fraction of sp³-hybridized carbons (Fsp3) is 0.944. The Kier molecular flexibility index (Phi) is 20.7. The zero-order valence-electron chi connectivity index (χ0n) is 15.4. The minimum absolute atomic E-state index is 0. The Morgan fingerprint density at radius 1 is 0.720 bits per heavy atom. The van der Waals surface area contributed by atoms with E-state index in [1.165, 1.54) is 77.0 Å². The molecule has 0 atom stereocenters. The number of hydrogen-bond donors (Lipinski definition) is 2. The summed E-state index contributed by atoms with van der Waals surface area (Å²) in [4.78, 5) is 28.0. The van der Waals surface area contributed by atoms with Gasteiger partial charge in [-0.15, -0.1) is 0 Å². The van der Waals surface area contributed by atoms with Crippen molar-refractivity contribution in [3.8, 4) is 0 Å². The molecule has 0 aliphatic carbocycles. The molecule has 0 rings (SSSR count). The highest BCUT2D eigenvalue weighted by Gasteiger charge is 2.19. The van der Waals surface area contributed by atoms with E-state index < -0.39 is 13.8 Å². The van der Waals surface area contributed by atoms with Gasteiger partial charge in [-0.3, -0.25) is 14.6 Å². The Hall–Kier alpha value is 0.152. The molecule has 0 saturated heterocycles. The van der Waals surface area contributed by atoms with E-state index in [1.54, 1.807) is 0 Å². The average Bonchev–Trinajstić information content (AvgIpc) is 2.49. The molecular formula is C18H40AlO5P. The van der Waals surface area contributed by atoms with Crippen molar-refractivity contribution in [1.82, 2.24) is 0 Å². The zero-order valence-corrected chi connectivity index (χ0v) is 16.3. The Bertz CT molecular complexity index is 346. The number of phosphoric ester groups is 1. The fourth-order valence-electron chi connectivity index (χ4n) is 2.82. The van der Waals surface area contributed by atoms with Crippen molar-refractivity contribution in [3.63, 3.8) is 0 Å². The van der Waals surface area contributed by atoms with Gasteiger partial charge >= 0.3 is 13.8 Å². The van der Waals surface area contributed by atoms with Crippen molar-refractivity contribution >= 4 is 31.2 Å². The highest BCUT2D eigenvalue weighted by atomic mass is 31.2. The maximum atomic E-state index is 11.1. The zero-order chi connectivity index (χ0) is 18.1. The summed E-state index contributed by atoms with van der Waals surface area (Å²) in [5, 5.41) is 0. The van der Waals surface area contributed by atoms with Crippen LogP contribution in [0.25, 0.3) is 0 Å². The summed E-state index contributed by atoms with van der Waals surface area (Å²) in [5.41, 5.74) is 0. The summed E-state index contributed by atoms with van der Waals surface area (Å²) in [6.07, 6.45) is 18.7. The van der Waals surface area contributed by atoms with E-state index in [1.807, 2.05) is 0 Å². The summed E-state index contributed by atoms with van der Waals surface area (Å²) < 4.78 is 14.4. The van der Waals surface area contributed by atoms with Crippen molar-refractivity contribution in [1.29, 1.82) is 0 Å². The molecule has 2 N–H and O–H groups in total. The monoisotopic (exact) mass is 394 g/mol. The molecule has 0 bridgehead atoms. The molecule has 0 fully saturated rings. The van der Waals surface area contributed by atoms with E-state index in [2.05, 4.69) is 11.4 Å². The number of carbonyl (C=O) groups is 1. The van der Waals surface area contributed by atoms with E-state index in [0.717, 1.165) is 12.8 Å². The number of phosphoric acid groups is 1. The highest BCUT2D eigenvalue weighted by molar-refractivity contribution is 7.46. The smallest absolute Gasteiger partial charge is 0.371 e. The molecule has 0 heterocycles. The average molecular weight is 394 g/mol. The number of carbonyl (C=O) groups excluding carboxylic acids is 1. The fourth-order valence-corrected chi connectivity index (χ4v) is 3.18. The maximum absolute atomic E-state index is 11.1. The first-order valence-corrected chi connectivity index (χ1v) is 11.3. The van der Waals surface area contributed by atoms with Gasteiger partial charge in [0.25, 0.3) is 0 Å². The number of unbranched alkanes of at least 4 members (excludes halogenated alkanes) is 14. The third kappa shape index (κ3) is 24.2. The van der Waals surface area contributed by atoms with Gasteiger partial charge in [0.2, 0.25) is 0 Å². The lowest BCUT2D eigenvalue weighted by Crippen LogP contribution is -2.01. The largest absolute Gasteiger partial charge is 0.526 e. The molecule has 5 nitrogen and oxygen atoms in total. The Morgan fingerprint density at radius 3 is 1.36 bits per heavy atom. The molecule has 0 amide bonds. The molecule has 0 spiro atoms. The maximum Gasteiger partial charge on any atom is 0.526 e. The molecular weight excluding hydrogens is 354 g/mol. The standard InChI is InChI=1S/C18H37O5P.Al.3H/c1-2-3-4-5-6-7-8-9-10-11-12-13-14-15-16-17-18(19)23-24(20,21)22;;;;/h2-17H2,1H3,(H2,20,21,22);;;;. The van der Waals surface area contributed by atoms with E-state index in [4.69, 9.17) is 9.79 Å². The Balaban J connectivity index is 0. The first-order valence-electron chi connectivity index (χ1n) is 9.73. The van der Waals surface area contributed by atoms with Crippen molar-refractivity contribution < 1.29 is 23.7 Å². The van der Waals surface area contributed by atoms with Gasteiger partial charge in [-0.2, -0.15) is 0 Å². The molecule has 0 unspecified atom stereocenters. The van der Waals surface area contributed by atoms with Crippen LogP contribution < -0.4 is 0 Å². The van der Waals surface area contributed by atoms with Gasteiger partial charge in [0.05, 0.1) is 0 Å². The summed E-state index contributed by atoms with van der Waals surface area (Å²) in [6.45, 7) is 2.25. The second-order valence-corrected chi connectivity index (χ2v) is 7.82. The van der Waals surface area contributed by atoms with Crippen LogP contribution in [0.4, 0.5) is 0 Å². The molecule has 0 aliphatic rings. The van der Waals surface area contributed by atoms with Gasteiger partial charge < -0.3 is 4.52 Å². The Labute approximate surface area is 164 Å². The third-order valence-corrected chi connectivity index (χ3v) is 4.65. The predicted molar refractivity (Wildman–Crippen MR) is 108 cm³/mol. The first kappa shape index (κ1) is 27.4. The Morgan fingerprint density at radius 2 is 1.04 bits per heavy atom. The van der Waals surface area contributed by atoms with Crippen molar-refractivity contribution in [2.24, 2.45) is 0 Å². The van der Waals surface area contributed by atoms with Gasteiger partial charge in [-0.1, -0.05) is 96.8 Å². The second kappa shape index (κ2) is 18.9. The quantitative estimate of drug-likeness (QED) is 0.212. The lowest BCUT2D eigenvalue weighted by atomic mass is 10.0. The SMILES string of the molecule is CCCCCCCCCCCCCCCCCC(=O)OP(=O)(O)O.[AlH3]. The molecule has 25 heavy (non-hydrogen) atoms. The number of rotatable bonds is 17. The van der Waals surface area contributed by atoms with Crippen LogP contribution in [0.3, 0.4) is 0 Å². The molecule has 7 heteroatoms. The third-order valence-electron chi connectivity index (χ3n) is 4.21. The number of hydrogen-bond acceptors (Lipinski definition) is 3. The van der Waals surface area contributed by atoms with E-state index in [9.17, 15) is 9.36 Å². The molecule has 0 aromatic carbocycles. The van der Waals surface area contributed by atoms with Crippen LogP contribution in [0.5, 0.6) is 0 Å². The first-order chi connectivity index (χ1) is 11.5. The van der Waals surface area contributed by atoms with Gasteiger partial charge in [0, 0.05) is 6.42 Å². The van der Waals surface area contributed by atoms with Crippen molar-refractivity contribution in [3.05, 3.63) is 0 Å². The van der Waals surface area contributed by atoms with Gasteiger partial charge in [-0.25, -0.2) is 4.57 Å². The van der Waals surface area contributed by atoms with Gasteiger partial charge in [0.15, 0.2) is 17.4 Å². The molecule has 150 valence electrons. The van der Waals surface area contributed by atoms with Crippen molar-refractivity contribution in [2.75, 3.05) is 0 Å². The van der Waals surface area contributed by atoms with Gasteiger partial charge in [0.1, 0.15) is 0 Å². The van der Waals surface area contributed by atoms with Crippen LogP contribution >= 0.6 is 7.82 Å². The minimum Gasteiger partial charge on any atom is -0.371 e.